The van der Waals surface area contributed by atoms with E-state index in [1.54, 1.807) is 20.8 Å². The molecular weight excluding hydrogens is 1480 g/mol. The summed E-state index contributed by atoms with van der Waals surface area (Å²) in [5.74, 6) is -15.1. The van der Waals surface area contributed by atoms with Crippen molar-refractivity contribution in [3.8, 4) is 0 Å². The molecule has 6 rings (SSSR count). The van der Waals surface area contributed by atoms with Gasteiger partial charge < -0.3 is 94.0 Å². The highest BCUT2D eigenvalue weighted by molar-refractivity contribution is 8.76. The Kier molecular flexibility index (Phi) is 33.2. The van der Waals surface area contributed by atoms with Crippen molar-refractivity contribution in [3.63, 3.8) is 0 Å². The second-order valence-corrected chi connectivity index (χ2v) is 30.1. The first-order chi connectivity index (χ1) is 51.0. The fourth-order valence-electron chi connectivity index (χ4n) is 11.7. The molecule has 108 heavy (non-hydrogen) atoms. The fourth-order valence-corrected chi connectivity index (χ4v) is 14.3. The number of aliphatic hydroxyl groups is 2. The van der Waals surface area contributed by atoms with Crippen molar-refractivity contribution in [1.82, 2.24) is 56.4 Å². The molecule has 1 unspecified atom stereocenters. The number of cyclic esters (lactones) is 1. The molecule has 2 fully saturated rings. The zero-order chi connectivity index (χ0) is 79.7. The van der Waals surface area contributed by atoms with Gasteiger partial charge >= 0.3 is 36.0 Å². The first kappa shape index (κ1) is 86.8. The van der Waals surface area contributed by atoms with Gasteiger partial charge in [-0.1, -0.05) is 55.7 Å². The Hall–Kier alpha value is -10.1. The highest BCUT2D eigenvalue weighted by atomic mass is 33.1. The molecule has 38 nitrogen and oxygen atoms in total. The minimum absolute atomic E-state index is 0.000727. The summed E-state index contributed by atoms with van der Waals surface area (Å²) >= 11 is 1.45. The number of anilines is 2. The maximum absolute atomic E-state index is 14.0. The Morgan fingerprint density at radius 1 is 0.815 bits per heavy atom. The van der Waals surface area contributed by atoms with E-state index in [9.17, 15) is 93.0 Å². The Balaban J connectivity index is 0.985. The van der Waals surface area contributed by atoms with E-state index in [-0.39, 0.29) is 110 Å². The van der Waals surface area contributed by atoms with Crippen LogP contribution in [0.5, 0.6) is 0 Å². The third kappa shape index (κ3) is 27.3. The molecule has 0 saturated carbocycles. The van der Waals surface area contributed by atoms with Gasteiger partial charge in [-0.05, 0) is 87.8 Å². The third-order valence-electron chi connectivity index (χ3n) is 17.8. The van der Waals surface area contributed by atoms with E-state index >= 15 is 0 Å². The SMILES string of the molecule is C/C(=C\c1csc(C)n1)[C@@H]1C[C@H]2[C@@H](CCC[C@H](C)[C@H](O)[C@@H](C)C(=O)C(C)(C)[C@@H](O)CC(=O)O1)N2CCOC(=O)OCCSSC[C@H](NC(=O)[C@H](CC(=O)O)NC(=O)[C@H](CCCN=C(N)N)NC(=O)[C@H](CC(=O)O)NC(=O)CC[C@H](NC(=O)c1ccc(NCc2cnc3nc(N)[nH]c(=O)c3n2)cc1)C(=O)O)C(=O)O. The molecule has 5 amide bonds. The highest BCUT2D eigenvalue weighted by Crippen LogP contribution is 2.39. The number of aromatic nitrogens is 5. The number of guanidine groups is 1. The van der Waals surface area contributed by atoms with Crippen molar-refractivity contribution in [2.45, 2.75) is 179 Å². The Bertz CT molecular complexity index is 4010. The summed E-state index contributed by atoms with van der Waals surface area (Å²) in [7, 11) is 1.96. The van der Waals surface area contributed by atoms with E-state index in [1.165, 1.54) is 41.8 Å². The molecule has 4 aromatic rings. The number of carboxylic acid groups (broad SMARTS) is 4. The number of ether oxygens (including phenoxy) is 3. The Labute approximate surface area is 630 Å². The summed E-state index contributed by atoms with van der Waals surface area (Å²) in [4.78, 5) is 194. The van der Waals surface area contributed by atoms with E-state index < -0.39 is 163 Å². The quantitative estimate of drug-likeness (QED) is 0.00748. The standard InChI is InChI=1S/C67H92N16O22S3/c1-32-9-7-11-45-46(26-47(33(2)23-38-30-106-35(4)74-38)105-52(90)27-48(84)67(5,6)55(92)34(3)54(32)91)83(45)19-20-103-66(102)104-21-22-107-108-31-44(63(100)101)80-60(96)43(25-51(88)89)79-58(94)40(10-8-18-71-64(68)69)77-59(95)42(24-50(86)87)76-49(85)17-16-41(62(98)99)78-57(93)36-12-14-37(15-13-36)72-28-39-29-73-56-53(75-39)61(97)82-65(70)81-56/h12-15,23,29-30,32,34,40-48,54,72,84,91H,7-11,16-22,24-28,31H2,1-6H3,(H,76,85)(H,77,95)(H,78,93)(H,79,94)(H,80,96)(H,86,87)(H,88,89)(H,98,99)(H,100,101)(H4,68,69,71)(H3,70,73,81,82,97)/b33-23+/t32-,34+,40-,41-,42-,43-,44-,45+,46-,47-,48-,54-,83?/m0/s1. The van der Waals surface area contributed by atoms with E-state index in [2.05, 4.69) is 66.7 Å². The lowest BCUT2D eigenvalue weighted by atomic mass is 9.73. The van der Waals surface area contributed by atoms with Crippen LogP contribution in [0.2, 0.25) is 0 Å². The number of amides is 5. The van der Waals surface area contributed by atoms with Crippen LogP contribution in [0.4, 0.5) is 16.4 Å². The minimum atomic E-state index is -2.00. The number of aliphatic imine (C=N–C) groups is 1. The largest absolute Gasteiger partial charge is 0.508 e. The predicted molar refractivity (Wildman–Crippen MR) is 393 cm³/mol. The number of carbonyl (C=O) groups is 12. The number of carbonyl (C=O) groups excluding carboxylic acids is 8. The molecule has 0 spiro atoms. The average molecular weight is 1570 g/mol. The van der Waals surface area contributed by atoms with Crippen LogP contribution in [0.1, 0.15) is 132 Å². The zero-order valence-corrected chi connectivity index (χ0v) is 62.5. The maximum atomic E-state index is 14.0. The molecule has 2 aliphatic heterocycles. The summed E-state index contributed by atoms with van der Waals surface area (Å²) in [6, 6.07) is -3.57. The van der Waals surface area contributed by atoms with E-state index in [0.29, 0.717) is 48.3 Å². The number of aryl methyl sites for hydroxylation is 1. The second kappa shape index (κ2) is 41.3. The molecule has 2 saturated heterocycles. The molecule has 1 aromatic carbocycles. The summed E-state index contributed by atoms with van der Waals surface area (Å²) in [5.41, 5.74) is 16.7. The molecule has 3 aromatic heterocycles. The Morgan fingerprint density at radius 3 is 2.09 bits per heavy atom. The number of nitrogens with one attached hydrogen (secondary N) is 7. The average Bonchev–Trinajstić information content (AvgIpc) is 1.61. The number of thiazole rings is 1. The van der Waals surface area contributed by atoms with Gasteiger partial charge in [0.2, 0.25) is 29.6 Å². The molecule has 0 bridgehead atoms. The van der Waals surface area contributed by atoms with Gasteiger partial charge in [-0.3, -0.25) is 62.8 Å². The molecule has 0 aliphatic carbocycles. The van der Waals surface area contributed by atoms with Gasteiger partial charge in [0.15, 0.2) is 17.1 Å². The molecule has 13 atom stereocenters. The molecule has 19 N–H and O–H groups in total. The van der Waals surface area contributed by atoms with Gasteiger partial charge in [0.25, 0.3) is 11.5 Å². The number of hydrogen-bond acceptors (Lipinski definition) is 29. The second-order valence-electron chi connectivity index (χ2n) is 26.4. The number of aromatic amines is 1. The third-order valence-corrected chi connectivity index (χ3v) is 21.0. The summed E-state index contributed by atoms with van der Waals surface area (Å²) in [6.45, 7) is 10.1. The number of nitrogens with zero attached hydrogens (tertiary/aromatic N) is 6. The van der Waals surface area contributed by atoms with Crippen LogP contribution in [-0.4, -0.2) is 236 Å². The van der Waals surface area contributed by atoms with E-state index in [1.807, 2.05) is 32.2 Å². The van der Waals surface area contributed by atoms with Crippen molar-refractivity contribution in [2.24, 2.45) is 33.7 Å². The topological polar surface area (TPSA) is 604 Å². The lowest BCUT2D eigenvalue weighted by Gasteiger charge is -2.34. The number of nitrogen functional groups attached to an aromatic ring is 1. The number of aliphatic carboxylic acids is 4. The number of Topliss-reactive ketones (excluding diaryl/α,β-unsaturated/α-hetero) is 1. The number of fused-ring (bicyclic) bond motifs is 2. The first-order valence-corrected chi connectivity index (χ1v) is 37.7. The van der Waals surface area contributed by atoms with Crippen molar-refractivity contribution in [2.75, 3.05) is 48.9 Å². The van der Waals surface area contributed by atoms with Gasteiger partial charge in [0.1, 0.15) is 55.3 Å². The fraction of sp³-hybridized carbons (Fsp3) is 0.552. The van der Waals surface area contributed by atoms with Crippen LogP contribution >= 0.6 is 32.9 Å². The molecule has 41 heteroatoms. The van der Waals surface area contributed by atoms with E-state index in [4.69, 9.17) is 31.4 Å². The van der Waals surface area contributed by atoms with Gasteiger partial charge in [-0.25, -0.2) is 29.3 Å². The molecule has 5 heterocycles. The Morgan fingerprint density at radius 2 is 1.45 bits per heavy atom. The number of rotatable bonds is 36. The van der Waals surface area contributed by atoms with Crippen molar-refractivity contribution >= 4 is 139 Å². The number of nitrogens with two attached hydrogens (primary N) is 3. The lowest BCUT2D eigenvalue weighted by molar-refractivity contribution is -0.155. The highest BCUT2D eigenvalue weighted by Gasteiger charge is 2.49. The van der Waals surface area contributed by atoms with E-state index in [0.717, 1.165) is 26.6 Å². The van der Waals surface area contributed by atoms with Gasteiger partial charge in [0, 0.05) is 72.1 Å². The number of carboxylic acids is 4. The number of H-pyrrole nitrogens is 1. The summed E-state index contributed by atoms with van der Waals surface area (Å²) in [5, 5.41) is 78.9. The smallest absolute Gasteiger partial charge is 0.481 e. The summed E-state index contributed by atoms with van der Waals surface area (Å²) < 4.78 is 16.7. The number of aliphatic hydroxyl groups excluding tert-OH is 2. The molecule has 590 valence electrons. The maximum Gasteiger partial charge on any atom is 0.508 e. The lowest BCUT2D eigenvalue weighted by Crippen LogP contribution is -2.58. The zero-order valence-electron chi connectivity index (χ0n) is 60.1. The number of hydrogen-bond donors (Lipinski definition) is 16. The minimum Gasteiger partial charge on any atom is -0.481 e. The van der Waals surface area contributed by atoms with Crippen LogP contribution in [0.15, 0.2) is 51.2 Å². The molecular formula is C67H92N16O22S3. The van der Waals surface area contributed by atoms with Crippen LogP contribution in [0, 0.1) is 24.2 Å². The first-order valence-electron chi connectivity index (χ1n) is 34.3. The number of ketones is 1. The van der Waals surface area contributed by atoms with Crippen molar-refractivity contribution in [1.29, 1.82) is 0 Å². The van der Waals surface area contributed by atoms with Crippen LogP contribution in [0.25, 0.3) is 17.2 Å². The molecule has 0 radical (unpaired) electrons. The van der Waals surface area contributed by atoms with Crippen LogP contribution in [-0.2, 0) is 68.7 Å². The summed E-state index contributed by atoms with van der Waals surface area (Å²) in [6.07, 6.45) is -3.16. The van der Waals surface area contributed by atoms with Gasteiger partial charge in [-0.15, -0.1) is 11.3 Å². The number of benzene rings is 1. The predicted octanol–water partition coefficient (Wildman–Crippen LogP) is 0.818. The van der Waals surface area contributed by atoms with Gasteiger partial charge in [0.05, 0.1) is 66.0 Å². The van der Waals surface area contributed by atoms with Crippen molar-refractivity contribution < 1.29 is 102 Å². The van der Waals surface area contributed by atoms with Crippen molar-refractivity contribution in [3.05, 3.63) is 73.7 Å². The van der Waals surface area contributed by atoms with Crippen LogP contribution in [0.3, 0.4) is 0 Å². The van der Waals surface area contributed by atoms with Gasteiger partial charge in [-0.2, -0.15) is 4.98 Å². The monoisotopic (exact) mass is 1570 g/mol. The molecule has 2 aliphatic rings. The number of esters is 1. The van der Waals surface area contributed by atoms with Crippen LogP contribution < -0.4 is 54.7 Å². The normalized spacial score (nSPS) is 20.9.